The number of aliphatic hydroxyl groups is 6. The minimum absolute atomic E-state index is 0.137. The molecule has 5 fully saturated rings. The summed E-state index contributed by atoms with van der Waals surface area (Å²) in [5.41, 5.74) is 2.04. The molecule has 2 heterocycles. The predicted octanol–water partition coefficient (Wildman–Crippen LogP) is 4.45. The van der Waals surface area contributed by atoms with Gasteiger partial charge in [-0.25, -0.2) is 0 Å². The van der Waals surface area contributed by atoms with Gasteiger partial charge in [0.05, 0.1) is 18.8 Å². The van der Waals surface area contributed by atoms with E-state index in [9.17, 15) is 30.6 Å². The lowest BCUT2D eigenvalue weighted by molar-refractivity contribution is -0.362. The van der Waals surface area contributed by atoms with E-state index < -0.39 is 68.0 Å². The number of hydrogen-bond acceptors (Lipinski definition) is 10. The van der Waals surface area contributed by atoms with Crippen molar-refractivity contribution in [3.8, 4) is 0 Å². The van der Waals surface area contributed by atoms with Crippen LogP contribution in [0.2, 0.25) is 0 Å². The van der Waals surface area contributed by atoms with Crippen LogP contribution < -0.4 is 0 Å². The zero-order valence-corrected chi connectivity index (χ0v) is 31.4. The summed E-state index contributed by atoms with van der Waals surface area (Å²) >= 11 is 0. The van der Waals surface area contributed by atoms with Gasteiger partial charge in [-0.3, -0.25) is 0 Å². The van der Waals surface area contributed by atoms with Crippen LogP contribution in [0.4, 0.5) is 0 Å². The smallest absolute Gasteiger partial charge is 0.187 e. The number of fused-ring (bicyclic) bond motifs is 5. The highest BCUT2D eigenvalue weighted by Crippen LogP contribution is 2.67. The molecule has 3 saturated carbocycles. The molecule has 50 heavy (non-hydrogen) atoms. The van der Waals surface area contributed by atoms with Gasteiger partial charge in [0.2, 0.25) is 0 Å². The van der Waals surface area contributed by atoms with Crippen molar-refractivity contribution >= 4 is 0 Å². The van der Waals surface area contributed by atoms with Crippen molar-refractivity contribution < 1.29 is 49.6 Å². The average Bonchev–Trinajstić information content (AvgIpc) is 3.45. The summed E-state index contributed by atoms with van der Waals surface area (Å²) in [4.78, 5) is 0. The molecule has 0 aromatic heterocycles. The number of ether oxygens (including phenoxy) is 4. The Bertz CT molecular complexity index is 1160. The van der Waals surface area contributed by atoms with Gasteiger partial charge < -0.3 is 49.6 Å². The number of aliphatic hydroxyl groups excluding tert-OH is 6. The molecule has 10 nitrogen and oxygen atoms in total. The zero-order chi connectivity index (χ0) is 36.1. The number of allylic oxidation sites excluding steroid dienone is 1. The molecule has 0 amide bonds. The lowest BCUT2D eigenvalue weighted by atomic mass is 9.47. The van der Waals surface area contributed by atoms with Crippen LogP contribution in [0, 0.1) is 46.3 Å². The molecule has 0 aromatic rings. The Kier molecular flexibility index (Phi) is 12.2. The summed E-state index contributed by atoms with van der Waals surface area (Å²) < 4.78 is 23.9. The van der Waals surface area contributed by atoms with E-state index >= 15 is 0 Å². The molecule has 2 saturated heterocycles. The van der Waals surface area contributed by atoms with Gasteiger partial charge in [0.15, 0.2) is 12.6 Å². The van der Waals surface area contributed by atoms with E-state index in [1.165, 1.54) is 50.5 Å². The maximum atomic E-state index is 11.2. The molecule has 0 spiro atoms. The maximum absolute atomic E-state index is 11.2. The largest absolute Gasteiger partial charge is 0.394 e. The standard InChI is InChI=1S/C40H68O10/c1-7-29-31(42)32(43)34(45)38(48-29)50-36-30(20-41)49-37(35(46)33(36)44)47-24-15-17-39(5)23(19-24)11-12-25-27-14-13-26(22(4)10-8-9-21(2)3)40(27,6)18-16-28(25)39/h11,21-22,24-38,41-46H,7-10,12-20H2,1-6H3/t22-,24+,25+,26-,27+,28+,29?,30?,31+,32+,33-,34?,35?,36+,37-,38+,39+,40-/m1/s1. The molecular formula is C40H68O10. The van der Waals surface area contributed by atoms with Crippen molar-refractivity contribution in [3.05, 3.63) is 11.6 Å². The summed E-state index contributed by atoms with van der Waals surface area (Å²) in [6.45, 7) is 13.5. The lowest BCUT2D eigenvalue weighted by Crippen LogP contribution is -2.64. The Morgan fingerprint density at radius 2 is 1.50 bits per heavy atom. The van der Waals surface area contributed by atoms with Crippen LogP contribution in [0.3, 0.4) is 0 Å². The summed E-state index contributed by atoms with van der Waals surface area (Å²) in [7, 11) is 0. The molecule has 18 atom stereocenters. The SMILES string of the molecule is CCC1O[C@@H](O[C@H]2C(CO)O[C@@H](O[C@H]3CC[C@@]4(C)C(=CC[C@H]5[C@@H]6CC[C@H]([C@H](C)CCCC(C)C)[C@@]6(C)CC[C@@H]54)C3)C(O)[C@H]2O)C(O)[C@@H](O)[C@H]1O. The first kappa shape index (κ1) is 39.0. The van der Waals surface area contributed by atoms with Gasteiger partial charge in [0.1, 0.15) is 42.7 Å². The third-order valence-corrected chi connectivity index (χ3v) is 14.8. The van der Waals surface area contributed by atoms with Crippen LogP contribution >= 0.6 is 0 Å². The molecule has 4 aliphatic carbocycles. The first-order chi connectivity index (χ1) is 23.7. The van der Waals surface area contributed by atoms with Crippen LogP contribution in [0.1, 0.15) is 119 Å². The van der Waals surface area contributed by atoms with E-state index in [0.29, 0.717) is 17.8 Å². The molecule has 0 aromatic carbocycles. The van der Waals surface area contributed by atoms with Crippen molar-refractivity contribution in [2.45, 2.75) is 186 Å². The Balaban J connectivity index is 1.07. The van der Waals surface area contributed by atoms with Crippen molar-refractivity contribution in [3.63, 3.8) is 0 Å². The highest BCUT2D eigenvalue weighted by atomic mass is 16.7. The van der Waals surface area contributed by atoms with Gasteiger partial charge in [0.25, 0.3) is 0 Å². The van der Waals surface area contributed by atoms with Crippen LogP contribution in [0.15, 0.2) is 11.6 Å². The van der Waals surface area contributed by atoms with Crippen molar-refractivity contribution in [2.24, 2.45) is 46.3 Å². The van der Waals surface area contributed by atoms with E-state index in [0.717, 1.165) is 55.3 Å². The van der Waals surface area contributed by atoms with Crippen molar-refractivity contribution in [1.82, 2.24) is 0 Å². The third-order valence-electron chi connectivity index (χ3n) is 14.8. The van der Waals surface area contributed by atoms with E-state index in [1.54, 1.807) is 6.92 Å². The van der Waals surface area contributed by atoms with Gasteiger partial charge in [0, 0.05) is 0 Å². The van der Waals surface area contributed by atoms with Gasteiger partial charge in [-0.15, -0.1) is 0 Å². The predicted molar refractivity (Wildman–Crippen MR) is 188 cm³/mol. The van der Waals surface area contributed by atoms with E-state index in [2.05, 4.69) is 40.7 Å². The summed E-state index contributed by atoms with van der Waals surface area (Å²) in [6, 6.07) is 0. The minimum atomic E-state index is -1.60. The molecular weight excluding hydrogens is 640 g/mol. The first-order valence-corrected chi connectivity index (χ1v) is 20.1. The Hall–Kier alpha value is -0.660. The Morgan fingerprint density at radius 3 is 2.20 bits per heavy atom. The molecule has 6 aliphatic rings. The molecule has 4 unspecified atom stereocenters. The second-order valence-electron chi connectivity index (χ2n) is 18.0. The van der Waals surface area contributed by atoms with E-state index in [4.69, 9.17) is 18.9 Å². The fourth-order valence-electron chi connectivity index (χ4n) is 11.8. The van der Waals surface area contributed by atoms with Gasteiger partial charge in [-0.2, -0.15) is 0 Å². The van der Waals surface area contributed by atoms with Gasteiger partial charge in [-0.05, 0) is 104 Å². The van der Waals surface area contributed by atoms with Crippen molar-refractivity contribution in [2.75, 3.05) is 6.61 Å². The second-order valence-corrected chi connectivity index (χ2v) is 18.0. The topological polar surface area (TPSA) is 158 Å². The van der Waals surface area contributed by atoms with Crippen LogP contribution in [-0.4, -0.2) is 105 Å². The molecule has 6 rings (SSSR count). The summed E-state index contributed by atoms with van der Waals surface area (Å²) in [5.74, 6) is 4.62. The highest BCUT2D eigenvalue weighted by molar-refractivity contribution is 5.25. The van der Waals surface area contributed by atoms with Crippen LogP contribution in [0.25, 0.3) is 0 Å². The highest BCUT2D eigenvalue weighted by Gasteiger charge is 2.59. The van der Waals surface area contributed by atoms with Gasteiger partial charge in [-0.1, -0.05) is 72.5 Å². The van der Waals surface area contributed by atoms with Crippen LogP contribution in [0.5, 0.6) is 0 Å². The molecule has 2 aliphatic heterocycles. The van der Waals surface area contributed by atoms with Crippen LogP contribution in [-0.2, 0) is 18.9 Å². The fourth-order valence-corrected chi connectivity index (χ4v) is 11.8. The summed E-state index contributed by atoms with van der Waals surface area (Å²) in [6.07, 6.45) is 2.68. The minimum Gasteiger partial charge on any atom is -0.394 e. The third kappa shape index (κ3) is 7.14. The quantitative estimate of drug-likeness (QED) is 0.170. The second kappa shape index (κ2) is 15.6. The lowest BCUT2D eigenvalue weighted by Gasteiger charge is -2.58. The monoisotopic (exact) mass is 708 g/mol. The molecule has 288 valence electrons. The molecule has 0 bridgehead atoms. The average molecular weight is 709 g/mol. The Labute approximate surface area is 299 Å². The fraction of sp³-hybridized carbons (Fsp3) is 0.950. The number of rotatable bonds is 11. The van der Waals surface area contributed by atoms with Crippen molar-refractivity contribution in [1.29, 1.82) is 0 Å². The Morgan fingerprint density at radius 1 is 0.800 bits per heavy atom. The van der Waals surface area contributed by atoms with E-state index in [1.807, 2.05) is 0 Å². The molecule has 6 N–H and O–H groups in total. The van der Waals surface area contributed by atoms with Gasteiger partial charge >= 0.3 is 0 Å². The zero-order valence-electron chi connectivity index (χ0n) is 31.4. The number of hydrogen-bond donors (Lipinski definition) is 6. The molecule has 10 heteroatoms. The van der Waals surface area contributed by atoms with E-state index in [-0.39, 0.29) is 11.5 Å². The maximum Gasteiger partial charge on any atom is 0.187 e. The molecule has 0 radical (unpaired) electrons. The normalized spacial score (nSPS) is 49.9. The first-order valence-electron chi connectivity index (χ1n) is 20.1. The summed E-state index contributed by atoms with van der Waals surface area (Å²) in [5, 5.41) is 63.6.